The second-order valence-electron chi connectivity index (χ2n) is 4.40. The van der Waals surface area contributed by atoms with Gasteiger partial charge in [-0.1, -0.05) is 13.0 Å². The van der Waals surface area contributed by atoms with Gasteiger partial charge in [0.15, 0.2) is 5.78 Å². The molecule has 18 heavy (non-hydrogen) atoms. The van der Waals surface area contributed by atoms with E-state index in [4.69, 9.17) is 10.5 Å². The number of ether oxygens (including phenoxy) is 1. The second kappa shape index (κ2) is 7.95. The Hall–Kier alpha value is -1.26. The average molecular weight is 250 g/mol. The third-order valence-corrected chi connectivity index (χ3v) is 2.93. The molecule has 0 amide bonds. The number of hydrogen-bond donors (Lipinski definition) is 1. The number of nitrogens with zero attached hydrogens (tertiary/aromatic N) is 1. The molecule has 4 nitrogen and oxygen atoms in total. The number of nitrogens with two attached hydrogens (primary N) is 1. The molecule has 0 aliphatic heterocycles. The summed E-state index contributed by atoms with van der Waals surface area (Å²) >= 11 is 0. The van der Waals surface area contributed by atoms with E-state index in [1.165, 1.54) is 5.56 Å². The standard InChI is InChI=1S/C14H22N2O2/c1-3-11-6-7-12(16-10-11)9-14(17)13(15)5-4-8-18-2/h6-7,10,13H,3-5,8-9,15H2,1-2H3. The van der Waals surface area contributed by atoms with Crippen molar-refractivity contribution in [3.05, 3.63) is 29.6 Å². The van der Waals surface area contributed by atoms with Crippen LogP contribution in [-0.4, -0.2) is 30.5 Å². The summed E-state index contributed by atoms with van der Waals surface area (Å²) in [5.74, 6) is 0.0443. The molecule has 1 rings (SSSR count). The van der Waals surface area contributed by atoms with Crippen LogP contribution in [0.3, 0.4) is 0 Å². The Bertz CT molecular complexity index is 363. The van der Waals surface area contributed by atoms with Crippen molar-refractivity contribution in [2.75, 3.05) is 13.7 Å². The lowest BCUT2D eigenvalue weighted by Crippen LogP contribution is -2.32. The van der Waals surface area contributed by atoms with Crippen LogP contribution in [0.15, 0.2) is 18.3 Å². The van der Waals surface area contributed by atoms with Crippen LogP contribution in [0.5, 0.6) is 0 Å². The fourth-order valence-corrected chi connectivity index (χ4v) is 1.69. The summed E-state index contributed by atoms with van der Waals surface area (Å²) in [6.07, 6.45) is 4.57. The van der Waals surface area contributed by atoms with E-state index in [0.717, 1.165) is 18.5 Å². The van der Waals surface area contributed by atoms with Gasteiger partial charge in [-0.2, -0.15) is 0 Å². The largest absolute Gasteiger partial charge is 0.385 e. The van der Waals surface area contributed by atoms with Gasteiger partial charge in [0, 0.05) is 25.6 Å². The molecule has 4 heteroatoms. The highest BCUT2D eigenvalue weighted by molar-refractivity contribution is 5.85. The molecule has 0 aliphatic carbocycles. The number of hydrogen-bond acceptors (Lipinski definition) is 4. The van der Waals surface area contributed by atoms with Gasteiger partial charge in [-0.05, 0) is 30.9 Å². The SMILES string of the molecule is CCc1ccc(CC(=O)C(N)CCCOC)nc1. The molecule has 0 spiro atoms. The minimum atomic E-state index is -0.409. The van der Waals surface area contributed by atoms with Gasteiger partial charge in [0.2, 0.25) is 0 Å². The van der Waals surface area contributed by atoms with E-state index in [-0.39, 0.29) is 5.78 Å². The Morgan fingerprint density at radius 1 is 1.50 bits per heavy atom. The fourth-order valence-electron chi connectivity index (χ4n) is 1.69. The first kappa shape index (κ1) is 14.8. The third kappa shape index (κ3) is 4.94. The Morgan fingerprint density at radius 3 is 2.83 bits per heavy atom. The van der Waals surface area contributed by atoms with Gasteiger partial charge >= 0.3 is 0 Å². The normalized spacial score (nSPS) is 12.4. The molecular weight excluding hydrogens is 228 g/mol. The summed E-state index contributed by atoms with van der Waals surface area (Å²) in [7, 11) is 1.65. The first-order chi connectivity index (χ1) is 8.67. The van der Waals surface area contributed by atoms with E-state index in [9.17, 15) is 4.79 Å². The highest BCUT2D eigenvalue weighted by Crippen LogP contribution is 2.05. The smallest absolute Gasteiger partial charge is 0.155 e. The summed E-state index contributed by atoms with van der Waals surface area (Å²) in [5, 5.41) is 0. The fraction of sp³-hybridized carbons (Fsp3) is 0.571. The molecule has 0 saturated heterocycles. The Balaban J connectivity index is 2.42. The van der Waals surface area contributed by atoms with Gasteiger partial charge in [0.1, 0.15) is 0 Å². The van der Waals surface area contributed by atoms with Crippen molar-refractivity contribution >= 4 is 5.78 Å². The molecule has 0 radical (unpaired) electrons. The minimum absolute atomic E-state index is 0.0443. The van der Waals surface area contributed by atoms with E-state index in [2.05, 4.69) is 11.9 Å². The number of aromatic nitrogens is 1. The molecule has 0 fully saturated rings. The van der Waals surface area contributed by atoms with Crippen molar-refractivity contribution in [2.24, 2.45) is 5.73 Å². The number of ketones is 1. The van der Waals surface area contributed by atoms with Crippen molar-refractivity contribution in [1.82, 2.24) is 4.98 Å². The highest BCUT2D eigenvalue weighted by Gasteiger charge is 2.14. The number of methoxy groups -OCH3 is 1. The molecule has 0 aromatic carbocycles. The summed E-state index contributed by atoms with van der Waals surface area (Å²) in [6, 6.07) is 3.50. The van der Waals surface area contributed by atoms with Crippen LogP contribution < -0.4 is 5.73 Å². The van der Waals surface area contributed by atoms with Crippen LogP contribution >= 0.6 is 0 Å². The summed E-state index contributed by atoms with van der Waals surface area (Å²) in [5.41, 5.74) is 7.80. The molecule has 1 unspecified atom stereocenters. The minimum Gasteiger partial charge on any atom is -0.385 e. The van der Waals surface area contributed by atoms with Crippen LogP contribution in [0.2, 0.25) is 0 Å². The van der Waals surface area contributed by atoms with Crippen molar-refractivity contribution in [3.8, 4) is 0 Å². The van der Waals surface area contributed by atoms with Crippen LogP contribution in [0.4, 0.5) is 0 Å². The predicted molar refractivity (Wildman–Crippen MR) is 71.4 cm³/mol. The Kier molecular flexibility index (Phi) is 6.54. The van der Waals surface area contributed by atoms with Crippen molar-refractivity contribution in [2.45, 2.75) is 38.6 Å². The molecule has 1 aromatic rings. The number of carbonyl (C=O) groups is 1. The zero-order valence-electron chi connectivity index (χ0n) is 11.2. The van der Waals surface area contributed by atoms with E-state index in [1.54, 1.807) is 7.11 Å². The number of pyridine rings is 1. The zero-order valence-corrected chi connectivity index (χ0v) is 11.2. The Labute approximate surface area is 109 Å². The first-order valence-corrected chi connectivity index (χ1v) is 6.38. The quantitative estimate of drug-likeness (QED) is 0.710. The maximum atomic E-state index is 11.9. The van der Waals surface area contributed by atoms with Gasteiger partial charge in [0.05, 0.1) is 12.5 Å². The van der Waals surface area contributed by atoms with Crippen LogP contribution in [0.25, 0.3) is 0 Å². The second-order valence-corrected chi connectivity index (χ2v) is 4.40. The molecule has 0 saturated carbocycles. The zero-order chi connectivity index (χ0) is 13.4. The van der Waals surface area contributed by atoms with Gasteiger partial charge in [-0.15, -0.1) is 0 Å². The average Bonchev–Trinajstić information content (AvgIpc) is 2.39. The maximum absolute atomic E-state index is 11.9. The van der Waals surface area contributed by atoms with Crippen LogP contribution in [-0.2, 0) is 22.4 Å². The summed E-state index contributed by atoms with van der Waals surface area (Å²) < 4.78 is 4.94. The summed E-state index contributed by atoms with van der Waals surface area (Å²) in [4.78, 5) is 16.1. The molecule has 2 N–H and O–H groups in total. The van der Waals surface area contributed by atoms with Crippen molar-refractivity contribution in [3.63, 3.8) is 0 Å². The van der Waals surface area contributed by atoms with Crippen LogP contribution in [0, 0.1) is 0 Å². The first-order valence-electron chi connectivity index (χ1n) is 6.38. The van der Waals surface area contributed by atoms with E-state index >= 15 is 0 Å². The monoisotopic (exact) mass is 250 g/mol. The molecule has 0 bridgehead atoms. The molecule has 1 aromatic heterocycles. The lowest BCUT2D eigenvalue weighted by Gasteiger charge is -2.10. The lowest BCUT2D eigenvalue weighted by molar-refractivity contribution is -0.119. The van der Waals surface area contributed by atoms with E-state index in [1.807, 2.05) is 18.3 Å². The van der Waals surface area contributed by atoms with Gasteiger partial charge < -0.3 is 10.5 Å². The van der Waals surface area contributed by atoms with Gasteiger partial charge in [-0.3, -0.25) is 9.78 Å². The molecular formula is C14H22N2O2. The number of carbonyl (C=O) groups excluding carboxylic acids is 1. The number of aryl methyl sites for hydroxylation is 1. The molecule has 100 valence electrons. The van der Waals surface area contributed by atoms with Crippen molar-refractivity contribution in [1.29, 1.82) is 0 Å². The number of rotatable bonds is 8. The third-order valence-electron chi connectivity index (χ3n) is 2.93. The topological polar surface area (TPSA) is 65.2 Å². The van der Waals surface area contributed by atoms with Crippen LogP contribution in [0.1, 0.15) is 31.0 Å². The molecule has 1 atom stereocenters. The van der Waals surface area contributed by atoms with Gasteiger partial charge in [0.25, 0.3) is 0 Å². The summed E-state index contributed by atoms with van der Waals surface area (Å²) in [6.45, 7) is 2.72. The van der Waals surface area contributed by atoms with E-state index in [0.29, 0.717) is 19.4 Å². The highest BCUT2D eigenvalue weighted by atomic mass is 16.5. The Morgan fingerprint density at radius 2 is 2.28 bits per heavy atom. The lowest BCUT2D eigenvalue weighted by atomic mass is 10.0. The van der Waals surface area contributed by atoms with Gasteiger partial charge in [-0.25, -0.2) is 0 Å². The molecule has 1 heterocycles. The van der Waals surface area contributed by atoms with E-state index < -0.39 is 6.04 Å². The van der Waals surface area contributed by atoms with Crippen molar-refractivity contribution < 1.29 is 9.53 Å². The number of Topliss-reactive ketones (excluding diaryl/α,β-unsaturated/α-hetero) is 1. The predicted octanol–water partition coefficient (Wildman–Crippen LogP) is 1.51. The maximum Gasteiger partial charge on any atom is 0.155 e. The molecule has 0 aliphatic rings.